The van der Waals surface area contributed by atoms with E-state index in [1.807, 2.05) is 29.1 Å². The van der Waals surface area contributed by atoms with Gasteiger partial charge in [0.25, 0.3) is 5.91 Å². The minimum atomic E-state index is 0.00858. The molecule has 0 radical (unpaired) electrons. The van der Waals surface area contributed by atoms with Gasteiger partial charge in [-0.05, 0) is 31.2 Å². The Morgan fingerprint density at radius 1 is 1.33 bits per heavy atom. The molecule has 0 bridgehead atoms. The van der Waals surface area contributed by atoms with E-state index < -0.39 is 0 Å². The maximum absolute atomic E-state index is 12.2. The first-order chi connectivity index (χ1) is 11.7. The molecular formula is C16H17N5OS2. The van der Waals surface area contributed by atoms with Gasteiger partial charge in [-0.1, -0.05) is 0 Å². The third-order valence-corrected chi connectivity index (χ3v) is 5.67. The van der Waals surface area contributed by atoms with Crippen LogP contribution in [0.4, 0.5) is 0 Å². The molecule has 1 unspecified atom stereocenters. The topological polar surface area (TPSA) is 72.7 Å². The van der Waals surface area contributed by atoms with E-state index in [1.54, 1.807) is 11.3 Å². The van der Waals surface area contributed by atoms with E-state index in [4.69, 9.17) is 0 Å². The lowest BCUT2D eigenvalue weighted by Gasteiger charge is -2.15. The Morgan fingerprint density at radius 2 is 2.25 bits per heavy atom. The number of amides is 1. The molecule has 0 fully saturated rings. The van der Waals surface area contributed by atoms with Gasteiger partial charge in [0.05, 0.1) is 5.01 Å². The highest BCUT2D eigenvalue weighted by Gasteiger charge is 2.23. The summed E-state index contributed by atoms with van der Waals surface area (Å²) in [5.41, 5.74) is 1.62. The lowest BCUT2D eigenvalue weighted by molar-refractivity contribution is 0.0933. The molecule has 1 N–H and O–H groups in total. The van der Waals surface area contributed by atoms with Crippen molar-refractivity contribution in [3.05, 3.63) is 38.6 Å². The molecule has 1 aliphatic rings. The molecule has 0 saturated carbocycles. The van der Waals surface area contributed by atoms with Gasteiger partial charge >= 0.3 is 0 Å². The predicted octanol–water partition coefficient (Wildman–Crippen LogP) is 2.91. The molecule has 1 aliphatic heterocycles. The summed E-state index contributed by atoms with van der Waals surface area (Å²) in [5.74, 6) is 1.82. The van der Waals surface area contributed by atoms with Crippen molar-refractivity contribution in [3.8, 4) is 11.5 Å². The van der Waals surface area contributed by atoms with E-state index >= 15 is 0 Å². The highest BCUT2D eigenvalue weighted by molar-refractivity contribution is 7.09. The maximum Gasteiger partial charge on any atom is 0.252 e. The van der Waals surface area contributed by atoms with E-state index in [1.165, 1.54) is 11.3 Å². The van der Waals surface area contributed by atoms with Gasteiger partial charge in [0.15, 0.2) is 5.82 Å². The highest BCUT2D eigenvalue weighted by atomic mass is 32.1. The molecule has 124 valence electrons. The van der Waals surface area contributed by atoms with Crippen LogP contribution in [0.2, 0.25) is 0 Å². The number of nitrogens with zero attached hydrogens (tertiary/aromatic N) is 4. The SMILES string of the molecule is Cc1nc(-c2nnc3n2CCC(NC(=O)c2ccsc2)CC3)cs1. The first-order valence-electron chi connectivity index (χ1n) is 7.88. The van der Waals surface area contributed by atoms with Crippen molar-refractivity contribution in [2.24, 2.45) is 0 Å². The Bertz CT molecular complexity index is 852. The number of carbonyl (C=O) groups is 1. The Hall–Kier alpha value is -2.06. The lowest BCUT2D eigenvalue weighted by atomic mass is 10.1. The largest absolute Gasteiger partial charge is 0.349 e. The Labute approximate surface area is 147 Å². The standard InChI is InChI=1S/C16H17N5OS2/c1-10-17-13(9-24-10)15-20-19-14-3-2-12(4-6-21(14)15)18-16(22)11-5-7-23-8-11/h5,7-9,12H,2-4,6H2,1H3,(H,18,22). The number of hydrogen-bond donors (Lipinski definition) is 1. The second-order valence-electron chi connectivity index (χ2n) is 5.85. The zero-order valence-corrected chi connectivity index (χ0v) is 14.9. The van der Waals surface area contributed by atoms with Crippen LogP contribution in [0.5, 0.6) is 0 Å². The molecule has 1 atom stereocenters. The molecule has 4 heterocycles. The van der Waals surface area contributed by atoms with Crippen LogP contribution in [0.1, 0.15) is 34.0 Å². The molecule has 24 heavy (non-hydrogen) atoms. The number of thiazole rings is 1. The number of thiophene rings is 1. The van der Waals surface area contributed by atoms with E-state index in [-0.39, 0.29) is 11.9 Å². The summed E-state index contributed by atoms with van der Waals surface area (Å²) in [5, 5.41) is 18.6. The van der Waals surface area contributed by atoms with Gasteiger partial charge in [0.1, 0.15) is 11.5 Å². The van der Waals surface area contributed by atoms with E-state index in [0.29, 0.717) is 0 Å². The second kappa shape index (κ2) is 6.45. The van der Waals surface area contributed by atoms with E-state index in [9.17, 15) is 4.79 Å². The molecule has 3 aromatic rings. The van der Waals surface area contributed by atoms with Gasteiger partial charge in [-0.15, -0.1) is 21.5 Å². The van der Waals surface area contributed by atoms with Crippen molar-refractivity contribution in [1.82, 2.24) is 25.1 Å². The molecular weight excluding hydrogens is 342 g/mol. The molecule has 0 aliphatic carbocycles. The lowest BCUT2D eigenvalue weighted by Crippen LogP contribution is -2.35. The van der Waals surface area contributed by atoms with Crippen molar-refractivity contribution in [3.63, 3.8) is 0 Å². The number of aromatic nitrogens is 4. The Balaban J connectivity index is 1.48. The Kier molecular flexibility index (Phi) is 4.15. The molecule has 0 aromatic carbocycles. The molecule has 8 heteroatoms. The summed E-state index contributed by atoms with van der Waals surface area (Å²) in [6.45, 7) is 2.78. The summed E-state index contributed by atoms with van der Waals surface area (Å²) in [4.78, 5) is 16.8. The van der Waals surface area contributed by atoms with Crippen molar-refractivity contribution in [2.45, 2.75) is 38.8 Å². The smallest absolute Gasteiger partial charge is 0.252 e. The first kappa shape index (κ1) is 15.5. The zero-order chi connectivity index (χ0) is 16.5. The summed E-state index contributed by atoms with van der Waals surface area (Å²) < 4.78 is 2.14. The van der Waals surface area contributed by atoms with Gasteiger partial charge < -0.3 is 9.88 Å². The fourth-order valence-electron chi connectivity index (χ4n) is 2.95. The van der Waals surface area contributed by atoms with Gasteiger partial charge in [0, 0.05) is 35.3 Å². The summed E-state index contributed by atoms with van der Waals surface area (Å²) in [6.07, 6.45) is 2.56. The monoisotopic (exact) mass is 359 g/mol. The number of hydrogen-bond acceptors (Lipinski definition) is 6. The number of rotatable bonds is 3. The van der Waals surface area contributed by atoms with Crippen molar-refractivity contribution in [1.29, 1.82) is 0 Å². The fourth-order valence-corrected chi connectivity index (χ4v) is 4.18. The van der Waals surface area contributed by atoms with Gasteiger partial charge in [-0.3, -0.25) is 4.79 Å². The van der Waals surface area contributed by atoms with Crippen LogP contribution in [0.3, 0.4) is 0 Å². The highest BCUT2D eigenvalue weighted by Crippen LogP contribution is 2.24. The normalized spacial score (nSPS) is 17.3. The third-order valence-electron chi connectivity index (χ3n) is 4.21. The van der Waals surface area contributed by atoms with Gasteiger partial charge in [-0.2, -0.15) is 11.3 Å². The third kappa shape index (κ3) is 2.99. The van der Waals surface area contributed by atoms with Crippen LogP contribution in [-0.4, -0.2) is 31.7 Å². The van der Waals surface area contributed by atoms with Gasteiger partial charge in [0.2, 0.25) is 0 Å². The van der Waals surface area contributed by atoms with Crippen LogP contribution < -0.4 is 5.32 Å². The van der Waals surface area contributed by atoms with Gasteiger partial charge in [-0.25, -0.2) is 4.98 Å². The van der Waals surface area contributed by atoms with Crippen LogP contribution in [0.15, 0.2) is 22.2 Å². The first-order valence-corrected chi connectivity index (χ1v) is 9.70. The zero-order valence-electron chi connectivity index (χ0n) is 13.2. The number of fused-ring (bicyclic) bond motifs is 1. The van der Waals surface area contributed by atoms with Crippen LogP contribution in [-0.2, 0) is 13.0 Å². The number of nitrogens with one attached hydrogen (secondary N) is 1. The summed E-state index contributed by atoms with van der Waals surface area (Å²) in [6, 6.07) is 2.01. The second-order valence-corrected chi connectivity index (χ2v) is 7.70. The molecule has 1 amide bonds. The van der Waals surface area contributed by atoms with Crippen LogP contribution in [0, 0.1) is 6.92 Å². The summed E-state index contributed by atoms with van der Waals surface area (Å²) in [7, 11) is 0. The number of aryl methyl sites for hydroxylation is 2. The average Bonchev–Trinajstić information content (AvgIpc) is 3.29. The maximum atomic E-state index is 12.2. The minimum Gasteiger partial charge on any atom is -0.349 e. The van der Waals surface area contributed by atoms with Crippen molar-refractivity contribution in [2.75, 3.05) is 0 Å². The van der Waals surface area contributed by atoms with E-state index in [2.05, 4.69) is 25.1 Å². The Morgan fingerprint density at radius 3 is 3.00 bits per heavy atom. The fraction of sp³-hybridized carbons (Fsp3) is 0.375. The minimum absolute atomic E-state index is 0.00858. The molecule has 3 aromatic heterocycles. The quantitative estimate of drug-likeness (QED) is 0.780. The summed E-state index contributed by atoms with van der Waals surface area (Å²) >= 11 is 3.16. The molecule has 4 rings (SSSR count). The average molecular weight is 359 g/mol. The van der Waals surface area contributed by atoms with Crippen molar-refractivity contribution >= 4 is 28.6 Å². The molecule has 0 spiro atoms. The van der Waals surface area contributed by atoms with Crippen molar-refractivity contribution < 1.29 is 4.79 Å². The number of carbonyl (C=O) groups excluding carboxylic acids is 1. The molecule has 6 nitrogen and oxygen atoms in total. The van der Waals surface area contributed by atoms with Crippen LogP contribution in [0.25, 0.3) is 11.5 Å². The van der Waals surface area contributed by atoms with Crippen LogP contribution >= 0.6 is 22.7 Å². The predicted molar refractivity (Wildman–Crippen MR) is 94.4 cm³/mol. The molecule has 0 saturated heterocycles. The van der Waals surface area contributed by atoms with E-state index in [0.717, 1.165) is 53.7 Å².